The molecule has 1 aliphatic rings. The third kappa shape index (κ3) is 2.44. The average molecular weight is 329 g/mol. The zero-order chi connectivity index (χ0) is 15.2. The molecule has 0 unspecified atom stereocenters. The summed E-state index contributed by atoms with van der Waals surface area (Å²) in [6.07, 6.45) is 3.36. The highest BCUT2D eigenvalue weighted by molar-refractivity contribution is 7.89. The first-order valence-corrected chi connectivity index (χ1v) is 9.11. The quantitative estimate of drug-likeness (QED) is 0.896. The molecule has 0 aromatic carbocycles. The highest BCUT2D eigenvalue weighted by Crippen LogP contribution is 2.28. The molecule has 116 valence electrons. The molecular weight excluding hydrogens is 310 g/mol. The molecule has 0 spiro atoms. The zero-order valence-electron chi connectivity index (χ0n) is 12.1. The van der Waals surface area contributed by atoms with Crippen molar-refractivity contribution in [3.05, 3.63) is 11.6 Å². The summed E-state index contributed by atoms with van der Waals surface area (Å²) in [5, 5.41) is 1.90. The second-order valence-electron chi connectivity index (χ2n) is 5.46. The number of nitrogens with two attached hydrogens (primary N) is 1. The first-order chi connectivity index (χ1) is 9.91. The molecule has 0 aliphatic carbocycles. The van der Waals surface area contributed by atoms with Crippen LogP contribution in [0.4, 0.5) is 5.82 Å². The van der Waals surface area contributed by atoms with Gasteiger partial charge in [0.05, 0.1) is 0 Å². The van der Waals surface area contributed by atoms with Crippen LogP contribution >= 0.6 is 11.3 Å². The lowest BCUT2D eigenvalue weighted by atomic mass is 10.1. The normalized spacial score (nSPS) is 18.8. The molecule has 2 aromatic rings. The van der Waals surface area contributed by atoms with Crippen molar-refractivity contribution in [2.45, 2.75) is 23.9 Å². The third-order valence-corrected chi connectivity index (χ3v) is 6.68. The van der Waals surface area contributed by atoms with Crippen LogP contribution in [-0.4, -0.2) is 60.2 Å². The Bertz CT molecular complexity index is 741. The summed E-state index contributed by atoms with van der Waals surface area (Å²) >= 11 is 1.37. The Kier molecular flexibility index (Phi) is 3.68. The number of rotatable bonds is 3. The average Bonchev–Trinajstić information content (AvgIpc) is 2.98. The van der Waals surface area contributed by atoms with E-state index in [-0.39, 0.29) is 10.8 Å². The van der Waals surface area contributed by atoms with Crippen molar-refractivity contribution < 1.29 is 8.42 Å². The predicted molar refractivity (Wildman–Crippen MR) is 82.9 cm³/mol. The molecule has 7 nitrogen and oxygen atoms in total. The summed E-state index contributed by atoms with van der Waals surface area (Å²) in [5.74, 6) is 0.0802. The van der Waals surface area contributed by atoms with Crippen molar-refractivity contribution in [3.8, 4) is 0 Å². The van der Waals surface area contributed by atoms with E-state index in [1.165, 1.54) is 15.6 Å². The van der Waals surface area contributed by atoms with E-state index in [0.29, 0.717) is 24.1 Å². The SMILES string of the molecule is CN(C)C1CCN(S(=O)(=O)c2c(N)nc3sccn23)CC1. The van der Waals surface area contributed by atoms with Gasteiger partial charge < -0.3 is 10.6 Å². The highest BCUT2D eigenvalue weighted by atomic mass is 32.2. The minimum absolute atomic E-state index is 0.0802. The van der Waals surface area contributed by atoms with E-state index in [1.54, 1.807) is 16.0 Å². The summed E-state index contributed by atoms with van der Waals surface area (Å²) in [6, 6.07) is 0.431. The van der Waals surface area contributed by atoms with Gasteiger partial charge in [0, 0.05) is 30.7 Å². The standard InChI is InChI=1S/C12H19N5O2S2/c1-15(2)9-3-5-16(6-4-9)21(18,19)11-10(13)14-12-17(11)7-8-20-12/h7-9H,3-6,13H2,1-2H3. The van der Waals surface area contributed by atoms with Crippen LogP contribution in [0.1, 0.15) is 12.8 Å². The van der Waals surface area contributed by atoms with Crippen LogP contribution < -0.4 is 5.73 Å². The zero-order valence-corrected chi connectivity index (χ0v) is 13.7. The summed E-state index contributed by atoms with van der Waals surface area (Å²) in [4.78, 5) is 6.88. The van der Waals surface area contributed by atoms with E-state index in [4.69, 9.17) is 5.73 Å². The van der Waals surface area contributed by atoms with Crippen molar-refractivity contribution in [1.82, 2.24) is 18.6 Å². The number of imidazole rings is 1. The van der Waals surface area contributed by atoms with E-state index in [9.17, 15) is 8.42 Å². The fraction of sp³-hybridized carbons (Fsp3) is 0.583. The fourth-order valence-corrected chi connectivity index (χ4v) is 5.18. The van der Waals surface area contributed by atoms with E-state index < -0.39 is 10.0 Å². The Labute approximate surface area is 128 Å². The van der Waals surface area contributed by atoms with Crippen molar-refractivity contribution in [2.75, 3.05) is 32.9 Å². The second kappa shape index (κ2) is 5.24. The monoisotopic (exact) mass is 329 g/mol. The molecule has 0 radical (unpaired) electrons. The van der Waals surface area contributed by atoms with Crippen LogP contribution in [0.3, 0.4) is 0 Å². The molecule has 21 heavy (non-hydrogen) atoms. The Balaban J connectivity index is 1.91. The maximum absolute atomic E-state index is 12.8. The molecule has 1 fully saturated rings. The molecule has 0 bridgehead atoms. The van der Waals surface area contributed by atoms with Gasteiger partial charge in [0.1, 0.15) is 0 Å². The number of nitrogen functional groups attached to an aromatic ring is 1. The van der Waals surface area contributed by atoms with Gasteiger partial charge in [-0.25, -0.2) is 13.4 Å². The molecular formula is C12H19N5O2S2. The molecule has 1 aliphatic heterocycles. The molecule has 3 heterocycles. The Morgan fingerprint density at radius 1 is 1.38 bits per heavy atom. The van der Waals surface area contributed by atoms with E-state index in [1.807, 2.05) is 14.1 Å². The van der Waals surface area contributed by atoms with Gasteiger partial charge >= 0.3 is 0 Å². The number of sulfonamides is 1. The molecule has 0 saturated carbocycles. The molecule has 2 aromatic heterocycles. The number of anilines is 1. The number of fused-ring (bicyclic) bond motifs is 1. The number of piperidine rings is 1. The van der Waals surface area contributed by atoms with Crippen molar-refractivity contribution >= 4 is 32.1 Å². The lowest BCUT2D eigenvalue weighted by molar-refractivity contribution is 0.196. The molecule has 3 rings (SSSR count). The molecule has 0 atom stereocenters. The van der Waals surface area contributed by atoms with E-state index in [2.05, 4.69) is 9.88 Å². The van der Waals surface area contributed by atoms with Gasteiger partial charge in [0.25, 0.3) is 10.0 Å². The molecule has 2 N–H and O–H groups in total. The first-order valence-electron chi connectivity index (χ1n) is 6.79. The first kappa shape index (κ1) is 14.8. The topological polar surface area (TPSA) is 83.9 Å². The minimum atomic E-state index is -3.60. The van der Waals surface area contributed by atoms with Crippen molar-refractivity contribution in [2.24, 2.45) is 0 Å². The van der Waals surface area contributed by atoms with Gasteiger partial charge in [-0.1, -0.05) is 0 Å². The largest absolute Gasteiger partial charge is 0.381 e. The fourth-order valence-electron chi connectivity index (χ4n) is 2.76. The summed E-state index contributed by atoms with van der Waals surface area (Å²) in [6.45, 7) is 1.03. The summed E-state index contributed by atoms with van der Waals surface area (Å²) < 4.78 is 28.7. The minimum Gasteiger partial charge on any atom is -0.381 e. The Morgan fingerprint density at radius 2 is 2.05 bits per heavy atom. The van der Waals surface area contributed by atoms with Crippen LogP contribution in [0.5, 0.6) is 0 Å². The summed E-state index contributed by atoms with van der Waals surface area (Å²) in [7, 11) is 0.455. The van der Waals surface area contributed by atoms with Crippen LogP contribution in [0.2, 0.25) is 0 Å². The summed E-state index contributed by atoms with van der Waals surface area (Å²) in [5.41, 5.74) is 5.83. The van der Waals surface area contributed by atoms with Crippen LogP contribution in [0.15, 0.2) is 16.6 Å². The third-order valence-electron chi connectivity index (χ3n) is 3.98. The Hall–Kier alpha value is -1.16. The number of nitrogens with zero attached hydrogens (tertiary/aromatic N) is 4. The number of thiazole rings is 1. The number of hydrogen-bond acceptors (Lipinski definition) is 6. The lowest BCUT2D eigenvalue weighted by Gasteiger charge is -2.34. The lowest BCUT2D eigenvalue weighted by Crippen LogP contribution is -2.44. The van der Waals surface area contributed by atoms with Crippen LogP contribution in [-0.2, 0) is 10.0 Å². The second-order valence-corrected chi connectivity index (χ2v) is 8.18. The highest BCUT2D eigenvalue weighted by Gasteiger charge is 2.34. The predicted octanol–water partition coefficient (Wildman–Crippen LogP) is 0.693. The van der Waals surface area contributed by atoms with Crippen molar-refractivity contribution in [1.29, 1.82) is 0 Å². The number of aromatic nitrogens is 2. The molecule has 1 saturated heterocycles. The van der Waals surface area contributed by atoms with Gasteiger partial charge in [-0.2, -0.15) is 4.31 Å². The Morgan fingerprint density at radius 3 is 2.67 bits per heavy atom. The van der Waals surface area contributed by atoms with Crippen LogP contribution in [0, 0.1) is 0 Å². The van der Waals surface area contributed by atoms with Crippen molar-refractivity contribution in [3.63, 3.8) is 0 Å². The maximum Gasteiger partial charge on any atom is 0.262 e. The van der Waals surface area contributed by atoms with Gasteiger partial charge in [-0.15, -0.1) is 11.3 Å². The van der Waals surface area contributed by atoms with Crippen LogP contribution in [0.25, 0.3) is 4.96 Å². The van der Waals surface area contributed by atoms with Gasteiger partial charge in [-0.3, -0.25) is 4.40 Å². The van der Waals surface area contributed by atoms with Gasteiger partial charge in [-0.05, 0) is 26.9 Å². The smallest absolute Gasteiger partial charge is 0.262 e. The van der Waals surface area contributed by atoms with E-state index >= 15 is 0 Å². The molecule has 0 amide bonds. The molecule has 9 heteroatoms. The van der Waals surface area contributed by atoms with Gasteiger partial charge in [0.15, 0.2) is 15.8 Å². The van der Waals surface area contributed by atoms with E-state index in [0.717, 1.165) is 12.8 Å². The number of hydrogen-bond donors (Lipinski definition) is 1. The maximum atomic E-state index is 12.8. The van der Waals surface area contributed by atoms with Gasteiger partial charge in [0.2, 0.25) is 0 Å².